The third-order valence-corrected chi connectivity index (χ3v) is 3.87. The van der Waals surface area contributed by atoms with E-state index in [1.165, 1.54) is 0 Å². The van der Waals surface area contributed by atoms with Gasteiger partial charge in [-0.2, -0.15) is 5.10 Å². The summed E-state index contributed by atoms with van der Waals surface area (Å²) in [7, 11) is 3.92. The third kappa shape index (κ3) is 6.63. The molecule has 2 rings (SSSR count). The molecule has 0 radical (unpaired) electrons. The van der Waals surface area contributed by atoms with Crippen LogP contribution in [0.3, 0.4) is 0 Å². The van der Waals surface area contributed by atoms with E-state index in [9.17, 15) is 0 Å². The molecule has 0 unspecified atom stereocenters. The number of aryl methyl sites for hydroxylation is 3. The maximum Gasteiger partial charge on any atom is 0.194 e. The predicted octanol–water partition coefficient (Wildman–Crippen LogP) is 1.82. The Morgan fingerprint density at radius 2 is 2.12 bits per heavy atom. The van der Waals surface area contributed by atoms with Gasteiger partial charge in [-0.05, 0) is 26.7 Å². The number of nitrogens with one attached hydrogen (secondary N) is 1. The van der Waals surface area contributed by atoms with Crippen molar-refractivity contribution in [1.29, 1.82) is 0 Å². The highest BCUT2D eigenvalue weighted by Crippen LogP contribution is 2.02. The highest BCUT2D eigenvalue weighted by atomic mass is 127. The fourth-order valence-corrected chi connectivity index (χ4v) is 2.44. The van der Waals surface area contributed by atoms with E-state index in [2.05, 4.69) is 36.8 Å². The van der Waals surface area contributed by atoms with Crippen molar-refractivity contribution in [3.8, 4) is 0 Å². The van der Waals surface area contributed by atoms with Gasteiger partial charge in [-0.3, -0.25) is 9.67 Å². The van der Waals surface area contributed by atoms with E-state index in [4.69, 9.17) is 4.99 Å². The molecule has 1 N–H and O–H groups in total. The number of imidazole rings is 1. The second kappa shape index (κ2) is 11.1. The van der Waals surface area contributed by atoms with Gasteiger partial charge in [0, 0.05) is 46.1 Å². The van der Waals surface area contributed by atoms with Crippen molar-refractivity contribution in [2.24, 2.45) is 12.0 Å². The summed E-state index contributed by atoms with van der Waals surface area (Å²) >= 11 is 0. The first-order valence-corrected chi connectivity index (χ1v) is 8.42. The summed E-state index contributed by atoms with van der Waals surface area (Å²) < 4.78 is 3.96. The van der Waals surface area contributed by atoms with Gasteiger partial charge in [0.05, 0.1) is 6.54 Å². The van der Waals surface area contributed by atoms with E-state index in [0.717, 1.165) is 50.1 Å². The lowest BCUT2D eigenvalue weighted by Gasteiger charge is -2.21. The fourth-order valence-electron chi connectivity index (χ4n) is 2.44. The van der Waals surface area contributed by atoms with Crippen LogP contribution in [-0.4, -0.2) is 55.3 Å². The molecule has 0 saturated carbocycles. The Morgan fingerprint density at radius 3 is 2.72 bits per heavy atom. The normalized spacial score (nSPS) is 11.3. The number of guanidine groups is 1. The molecule has 0 saturated heterocycles. The van der Waals surface area contributed by atoms with Crippen molar-refractivity contribution < 1.29 is 0 Å². The number of aromatic nitrogens is 5. The van der Waals surface area contributed by atoms with Crippen LogP contribution in [0.4, 0.5) is 0 Å². The second-order valence-electron chi connectivity index (χ2n) is 5.77. The largest absolute Gasteiger partial charge is 0.357 e. The second-order valence-corrected chi connectivity index (χ2v) is 5.77. The zero-order valence-corrected chi connectivity index (χ0v) is 17.8. The Morgan fingerprint density at radius 1 is 1.32 bits per heavy atom. The smallest absolute Gasteiger partial charge is 0.194 e. The Labute approximate surface area is 166 Å². The van der Waals surface area contributed by atoms with Crippen LogP contribution >= 0.6 is 24.0 Å². The Hall–Kier alpha value is -1.65. The molecular formula is C16H29IN8. The Bertz CT molecular complexity index is 648. The molecule has 0 spiro atoms. The predicted molar refractivity (Wildman–Crippen MR) is 110 cm³/mol. The molecule has 2 aromatic heterocycles. The summed E-state index contributed by atoms with van der Waals surface area (Å²) in [6, 6.07) is 0. The molecule has 140 valence electrons. The van der Waals surface area contributed by atoms with E-state index < -0.39 is 0 Å². The molecule has 25 heavy (non-hydrogen) atoms. The molecule has 0 aromatic carbocycles. The number of nitrogens with zero attached hydrogens (tertiary/aromatic N) is 7. The first kappa shape index (κ1) is 21.4. The lowest BCUT2D eigenvalue weighted by Crippen LogP contribution is -2.39. The number of halogens is 1. The van der Waals surface area contributed by atoms with Gasteiger partial charge < -0.3 is 14.8 Å². The van der Waals surface area contributed by atoms with Gasteiger partial charge in [-0.1, -0.05) is 0 Å². The van der Waals surface area contributed by atoms with Gasteiger partial charge >= 0.3 is 0 Å². The number of aliphatic imine (C=N–C) groups is 1. The average molecular weight is 460 g/mol. The van der Waals surface area contributed by atoms with E-state index >= 15 is 0 Å². The van der Waals surface area contributed by atoms with Crippen molar-refractivity contribution in [1.82, 2.24) is 34.5 Å². The minimum atomic E-state index is 0. The minimum absolute atomic E-state index is 0. The van der Waals surface area contributed by atoms with Gasteiger partial charge in [-0.25, -0.2) is 9.97 Å². The highest BCUT2D eigenvalue weighted by Gasteiger charge is 2.09. The van der Waals surface area contributed by atoms with Crippen LogP contribution in [0.2, 0.25) is 0 Å². The van der Waals surface area contributed by atoms with Gasteiger partial charge in [0.2, 0.25) is 0 Å². The van der Waals surface area contributed by atoms with Crippen molar-refractivity contribution in [3.05, 3.63) is 30.4 Å². The quantitative estimate of drug-likeness (QED) is 0.282. The molecule has 0 aliphatic heterocycles. The third-order valence-electron chi connectivity index (χ3n) is 3.87. The van der Waals surface area contributed by atoms with Crippen LogP contribution in [0.1, 0.15) is 31.4 Å². The van der Waals surface area contributed by atoms with E-state index in [1.54, 1.807) is 11.0 Å². The monoisotopic (exact) mass is 460 g/mol. The molecule has 2 heterocycles. The van der Waals surface area contributed by atoms with E-state index in [0.29, 0.717) is 6.54 Å². The summed E-state index contributed by atoms with van der Waals surface area (Å²) in [5.41, 5.74) is 0. The summed E-state index contributed by atoms with van der Waals surface area (Å²) in [5.74, 6) is 2.88. The topological polar surface area (TPSA) is 76.2 Å². The maximum absolute atomic E-state index is 4.71. The first-order valence-electron chi connectivity index (χ1n) is 8.42. The van der Waals surface area contributed by atoms with Crippen LogP contribution < -0.4 is 5.32 Å². The summed E-state index contributed by atoms with van der Waals surface area (Å²) in [4.78, 5) is 15.3. The highest BCUT2D eigenvalue weighted by molar-refractivity contribution is 14.0. The van der Waals surface area contributed by atoms with Crippen LogP contribution in [0.5, 0.6) is 0 Å². The van der Waals surface area contributed by atoms with Crippen LogP contribution in [-0.2, 0) is 20.1 Å². The van der Waals surface area contributed by atoms with Gasteiger partial charge in [-0.15, -0.1) is 24.0 Å². The van der Waals surface area contributed by atoms with E-state index in [-0.39, 0.29) is 24.0 Å². The molecule has 0 aliphatic carbocycles. The van der Waals surface area contributed by atoms with Crippen molar-refractivity contribution in [3.63, 3.8) is 0 Å². The minimum Gasteiger partial charge on any atom is -0.357 e. The number of unbranched alkanes of at least 4 members (excludes halogenated alkanes) is 1. The Kier molecular flexibility index (Phi) is 9.46. The number of hydrogen-bond donors (Lipinski definition) is 1. The molecule has 8 nitrogen and oxygen atoms in total. The van der Waals surface area contributed by atoms with Gasteiger partial charge in [0.15, 0.2) is 5.96 Å². The lowest BCUT2D eigenvalue weighted by atomic mass is 10.3. The lowest BCUT2D eigenvalue weighted by molar-refractivity contribution is 0.448. The van der Waals surface area contributed by atoms with Crippen LogP contribution in [0.25, 0.3) is 0 Å². The van der Waals surface area contributed by atoms with E-state index in [1.807, 2.05) is 33.4 Å². The van der Waals surface area contributed by atoms with Gasteiger partial charge in [0.1, 0.15) is 18.0 Å². The van der Waals surface area contributed by atoms with Crippen molar-refractivity contribution in [2.75, 3.05) is 20.1 Å². The van der Waals surface area contributed by atoms with Crippen LogP contribution in [0.15, 0.2) is 23.7 Å². The summed E-state index contributed by atoms with van der Waals surface area (Å²) in [6.45, 7) is 7.43. The standard InChI is InChI=1S/C16H28N8.HI/c1-5-17-16(22(3)12-15-20-13-21-23(15)4)19-8-6-7-10-24-11-9-18-14(24)2;/h9,11,13H,5-8,10,12H2,1-4H3,(H,17,19);1H. The molecule has 0 fully saturated rings. The Balaban J connectivity index is 0.00000312. The molecule has 0 aliphatic rings. The number of hydrogen-bond acceptors (Lipinski definition) is 4. The average Bonchev–Trinajstić information content (AvgIpc) is 3.15. The zero-order chi connectivity index (χ0) is 17.4. The molecule has 0 bridgehead atoms. The van der Waals surface area contributed by atoms with Crippen molar-refractivity contribution >= 4 is 29.9 Å². The molecule has 2 aromatic rings. The fraction of sp³-hybridized carbons (Fsp3) is 0.625. The zero-order valence-electron chi connectivity index (χ0n) is 15.5. The first-order chi connectivity index (χ1) is 11.6. The molecule has 0 atom stereocenters. The summed E-state index contributed by atoms with van der Waals surface area (Å²) in [5, 5.41) is 7.44. The van der Waals surface area contributed by atoms with Crippen LogP contribution in [0, 0.1) is 6.92 Å². The molecule has 0 amide bonds. The maximum atomic E-state index is 4.71. The van der Waals surface area contributed by atoms with Crippen molar-refractivity contribution in [2.45, 2.75) is 39.8 Å². The molecular weight excluding hydrogens is 431 g/mol. The summed E-state index contributed by atoms with van der Waals surface area (Å²) in [6.07, 6.45) is 7.58. The molecule has 9 heteroatoms. The number of rotatable bonds is 8. The van der Waals surface area contributed by atoms with Gasteiger partial charge in [0.25, 0.3) is 0 Å². The SMILES string of the molecule is CCNC(=NCCCCn1ccnc1C)N(C)Cc1ncnn1C.I.